The first-order valence-electron chi connectivity index (χ1n) is 5.22. The van der Waals surface area contributed by atoms with E-state index in [9.17, 15) is 0 Å². The van der Waals surface area contributed by atoms with Crippen LogP contribution >= 0.6 is 0 Å². The zero-order valence-corrected chi connectivity index (χ0v) is 9.89. The summed E-state index contributed by atoms with van der Waals surface area (Å²) in [5.41, 5.74) is 2.54. The highest BCUT2D eigenvalue weighted by atomic mass is 15.1. The first kappa shape index (κ1) is 11.2. The van der Waals surface area contributed by atoms with Gasteiger partial charge in [0.15, 0.2) is 0 Å². The summed E-state index contributed by atoms with van der Waals surface area (Å²) in [6.45, 7) is 7.42. The topological polar surface area (TPSA) is 29.9 Å². The molecule has 0 atom stereocenters. The number of nitrogens with zero attached hydrogens (tertiary/aromatic N) is 2. The van der Waals surface area contributed by atoms with Crippen molar-refractivity contribution in [2.45, 2.75) is 33.7 Å². The molecule has 3 nitrogen and oxygen atoms in total. The quantitative estimate of drug-likeness (QED) is 0.791. The van der Waals surface area contributed by atoms with E-state index in [-0.39, 0.29) is 0 Å². The second kappa shape index (κ2) is 4.60. The largest absolute Gasteiger partial charge is 0.334 e. The van der Waals surface area contributed by atoms with Crippen molar-refractivity contribution in [1.29, 1.82) is 0 Å². The van der Waals surface area contributed by atoms with Gasteiger partial charge in [-0.25, -0.2) is 4.98 Å². The van der Waals surface area contributed by atoms with Gasteiger partial charge in [0.1, 0.15) is 5.82 Å². The Balaban J connectivity index is 2.92. The van der Waals surface area contributed by atoms with E-state index in [0.717, 1.165) is 18.8 Å². The van der Waals surface area contributed by atoms with Crippen LogP contribution in [-0.4, -0.2) is 16.6 Å². The van der Waals surface area contributed by atoms with Crippen molar-refractivity contribution in [3.63, 3.8) is 0 Å². The van der Waals surface area contributed by atoms with Crippen LogP contribution in [0.4, 0.5) is 0 Å². The van der Waals surface area contributed by atoms with Crippen molar-refractivity contribution in [2.75, 3.05) is 7.05 Å². The number of hydrogen-bond acceptors (Lipinski definition) is 2. The number of rotatable bonds is 4. The summed E-state index contributed by atoms with van der Waals surface area (Å²) in [5, 5.41) is 3.14. The van der Waals surface area contributed by atoms with Crippen LogP contribution in [0.15, 0.2) is 0 Å². The molecular formula is C11H21N3. The highest BCUT2D eigenvalue weighted by Gasteiger charge is 2.11. The summed E-state index contributed by atoms with van der Waals surface area (Å²) in [6.07, 6.45) is 1.11. The van der Waals surface area contributed by atoms with Gasteiger partial charge in [0, 0.05) is 12.7 Å². The number of aromatic nitrogens is 2. The van der Waals surface area contributed by atoms with Crippen molar-refractivity contribution in [3.8, 4) is 0 Å². The molecule has 1 heterocycles. The van der Waals surface area contributed by atoms with Crippen molar-refractivity contribution in [2.24, 2.45) is 13.0 Å². The molecule has 0 amide bonds. The van der Waals surface area contributed by atoms with Gasteiger partial charge in [-0.05, 0) is 26.3 Å². The molecule has 1 rings (SSSR count). The molecule has 0 unspecified atom stereocenters. The van der Waals surface area contributed by atoms with Crippen LogP contribution in [0.2, 0.25) is 0 Å². The lowest BCUT2D eigenvalue weighted by atomic mass is 10.1. The molecule has 0 bridgehead atoms. The zero-order valence-electron chi connectivity index (χ0n) is 9.89. The Labute approximate surface area is 86.5 Å². The van der Waals surface area contributed by atoms with Crippen molar-refractivity contribution >= 4 is 0 Å². The van der Waals surface area contributed by atoms with Gasteiger partial charge in [0.05, 0.1) is 12.2 Å². The third-order valence-electron chi connectivity index (χ3n) is 2.44. The van der Waals surface area contributed by atoms with Gasteiger partial charge in [-0.1, -0.05) is 13.8 Å². The van der Waals surface area contributed by atoms with Crippen LogP contribution < -0.4 is 5.32 Å². The number of nitrogens with one attached hydrogen (secondary N) is 1. The van der Waals surface area contributed by atoms with Gasteiger partial charge in [-0.2, -0.15) is 0 Å². The molecule has 0 aliphatic carbocycles. The molecule has 0 spiro atoms. The van der Waals surface area contributed by atoms with E-state index in [2.05, 4.69) is 42.7 Å². The standard InChI is InChI=1S/C11H21N3/c1-8(2)6-10-9(3)13-11(7-12-4)14(10)5/h8,12H,6-7H2,1-5H3. The maximum absolute atomic E-state index is 4.55. The van der Waals surface area contributed by atoms with E-state index >= 15 is 0 Å². The zero-order chi connectivity index (χ0) is 10.7. The fourth-order valence-corrected chi connectivity index (χ4v) is 1.72. The maximum atomic E-state index is 4.55. The van der Waals surface area contributed by atoms with Crippen LogP contribution in [0.3, 0.4) is 0 Å². The van der Waals surface area contributed by atoms with E-state index in [1.54, 1.807) is 0 Å². The number of imidazole rings is 1. The van der Waals surface area contributed by atoms with Crippen LogP contribution in [0, 0.1) is 12.8 Å². The molecule has 3 heteroatoms. The van der Waals surface area contributed by atoms with Crippen LogP contribution in [0.1, 0.15) is 31.1 Å². The lowest BCUT2D eigenvalue weighted by Crippen LogP contribution is -2.12. The molecule has 1 aromatic heterocycles. The van der Waals surface area contributed by atoms with Gasteiger partial charge in [0.25, 0.3) is 0 Å². The van der Waals surface area contributed by atoms with Crippen molar-refractivity contribution in [1.82, 2.24) is 14.9 Å². The highest BCUT2D eigenvalue weighted by molar-refractivity contribution is 5.16. The lowest BCUT2D eigenvalue weighted by Gasteiger charge is -2.08. The summed E-state index contributed by atoms with van der Waals surface area (Å²) in [5.74, 6) is 1.81. The van der Waals surface area contributed by atoms with Gasteiger partial charge in [-0.15, -0.1) is 0 Å². The van der Waals surface area contributed by atoms with Gasteiger partial charge >= 0.3 is 0 Å². The third-order valence-corrected chi connectivity index (χ3v) is 2.44. The average molecular weight is 195 g/mol. The molecule has 0 fully saturated rings. The second-order valence-electron chi connectivity index (χ2n) is 4.25. The van der Waals surface area contributed by atoms with Crippen LogP contribution in [0.25, 0.3) is 0 Å². The highest BCUT2D eigenvalue weighted by Crippen LogP contribution is 2.14. The van der Waals surface area contributed by atoms with Gasteiger partial charge < -0.3 is 9.88 Å². The molecule has 0 saturated heterocycles. The maximum Gasteiger partial charge on any atom is 0.122 e. The van der Waals surface area contributed by atoms with Crippen molar-refractivity contribution < 1.29 is 0 Å². The smallest absolute Gasteiger partial charge is 0.122 e. The van der Waals surface area contributed by atoms with E-state index in [4.69, 9.17) is 0 Å². The first-order chi connectivity index (χ1) is 6.56. The molecule has 0 saturated carbocycles. The normalized spacial score (nSPS) is 11.3. The van der Waals surface area contributed by atoms with E-state index in [1.165, 1.54) is 11.4 Å². The molecular weight excluding hydrogens is 174 g/mol. The Kier molecular flexibility index (Phi) is 3.69. The van der Waals surface area contributed by atoms with Crippen molar-refractivity contribution in [3.05, 3.63) is 17.2 Å². The Morgan fingerprint density at radius 3 is 2.57 bits per heavy atom. The minimum absolute atomic E-state index is 0.687. The van der Waals surface area contributed by atoms with Crippen LogP contribution in [0.5, 0.6) is 0 Å². The van der Waals surface area contributed by atoms with Gasteiger partial charge in [-0.3, -0.25) is 0 Å². The average Bonchev–Trinajstić information content (AvgIpc) is 2.33. The van der Waals surface area contributed by atoms with E-state index in [0.29, 0.717) is 5.92 Å². The summed E-state index contributed by atoms with van der Waals surface area (Å²) in [6, 6.07) is 0. The molecule has 0 aliphatic rings. The molecule has 14 heavy (non-hydrogen) atoms. The second-order valence-corrected chi connectivity index (χ2v) is 4.25. The fourth-order valence-electron chi connectivity index (χ4n) is 1.72. The number of hydrogen-bond donors (Lipinski definition) is 1. The molecule has 0 radical (unpaired) electrons. The van der Waals surface area contributed by atoms with Gasteiger partial charge in [0.2, 0.25) is 0 Å². The molecule has 0 aliphatic heterocycles. The Morgan fingerprint density at radius 2 is 2.07 bits per heavy atom. The SMILES string of the molecule is CNCc1nc(C)c(CC(C)C)n1C. The van der Waals surface area contributed by atoms with Crippen LogP contribution in [-0.2, 0) is 20.0 Å². The molecule has 0 aromatic carbocycles. The monoisotopic (exact) mass is 195 g/mol. The molecule has 1 aromatic rings. The number of aryl methyl sites for hydroxylation is 1. The summed E-state index contributed by atoms with van der Waals surface area (Å²) in [7, 11) is 4.05. The summed E-state index contributed by atoms with van der Waals surface area (Å²) < 4.78 is 2.21. The Bertz CT molecular complexity index is 300. The predicted octanol–water partition coefficient (Wildman–Crippen LogP) is 1.65. The Hall–Kier alpha value is -0.830. The molecule has 80 valence electrons. The summed E-state index contributed by atoms with van der Waals surface area (Å²) >= 11 is 0. The minimum atomic E-state index is 0.687. The van der Waals surface area contributed by atoms with E-state index in [1.807, 2.05) is 7.05 Å². The molecule has 1 N–H and O–H groups in total. The summed E-state index contributed by atoms with van der Waals surface area (Å²) in [4.78, 5) is 4.55. The third kappa shape index (κ3) is 2.35. The van der Waals surface area contributed by atoms with E-state index < -0.39 is 0 Å². The Morgan fingerprint density at radius 1 is 1.43 bits per heavy atom. The fraction of sp³-hybridized carbons (Fsp3) is 0.727. The predicted molar refractivity (Wildman–Crippen MR) is 59.3 cm³/mol. The first-order valence-corrected chi connectivity index (χ1v) is 5.22. The minimum Gasteiger partial charge on any atom is -0.334 e. The lowest BCUT2D eigenvalue weighted by molar-refractivity contribution is 0.602.